The van der Waals surface area contributed by atoms with Crippen molar-refractivity contribution >= 4 is 0 Å². The number of rotatable bonds is 0. The van der Waals surface area contributed by atoms with Gasteiger partial charge in [-0.2, -0.15) is 0 Å². The van der Waals surface area contributed by atoms with Gasteiger partial charge in [0.15, 0.2) is 0 Å². The molecule has 0 bridgehead atoms. The Kier molecular flexibility index (Phi) is 1.07. The molecule has 1 rings (SSSR count). The smallest absolute Gasteiger partial charge is 0.0897 e. The van der Waals surface area contributed by atoms with E-state index in [2.05, 4.69) is 17.4 Å². The van der Waals surface area contributed by atoms with Gasteiger partial charge in [-0.15, -0.1) is 0 Å². The van der Waals surface area contributed by atoms with E-state index in [-0.39, 0.29) is 0 Å². The molecular formula is C6H5N. The van der Waals surface area contributed by atoms with Gasteiger partial charge in [-0.1, -0.05) is 0 Å². The van der Waals surface area contributed by atoms with Gasteiger partial charge < -0.3 is 0 Å². The van der Waals surface area contributed by atoms with E-state index < -0.39 is 0 Å². The van der Waals surface area contributed by atoms with Gasteiger partial charge in [-0.25, -0.2) is 4.98 Å². The highest BCUT2D eigenvalue weighted by Gasteiger charge is 1.74. The number of hydrogen-bond donors (Lipinski definition) is 0. The minimum Gasteiger partial charge on any atom is -0.244 e. The molecule has 0 aliphatic carbocycles. The van der Waals surface area contributed by atoms with E-state index in [0.717, 1.165) is 5.56 Å². The molecule has 0 fully saturated rings. The van der Waals surface area contributed by atoms with Crippen LogP contribution in [0.1, 0.15) is 5.56 Å². The third-order valence-electron chi connectivity index (χ3n) is 0.714. The first kappa shape index (κ1) is 4.31. The molecular weight excluding hydrogens is 86.1 g/mol. The van der Waals surface area contributed by atoms with Crippen molar-refractivity contribution in [3.05, 3.63) is 30.1 Å². The van der Waals surface area contributed by atoms with Gasteiger partial charge in [0.1, 0.15) is 0 Å². The van der Waals surface area contributed by atoms with Gasteiger partial charge in [0, 0.05) is 0 Å². The van der Waals surface area contributed by atoms with E-state index in [0.29, 0.717) is 0 Å². The summed E-state index contributed by atoms with van der Waals surface area (Å²) in [4.78, 5) is 3.60. The van der Waals surface area contributed by atoms with Gasteiger partial charge in [-0.05, 0) is 24.6 Å². The Morgan fingerprint density at radius 3 is 2.29 bits per heavy atom. The lowest BCUT2D eigenvalue weighted by molar-refractivity contribution is 1.26. The fourth-order valence-electron chi connectivity index (χ4n) is 0.347. The summed E-state index contributed by atoms with van der Waals surface area (Å²) in [5.41, 5.74) is 1.15. The Morgan fingerprint density at radius 1 is 1.43 bits per heavy atom. The molecule has 0 aliphatic rings. The first-order valence-corrected chi connectivity index (χ1v) is 2.10. The molecule has 1 aromatic heterocycles. The lowest BCUT2D eigenvalue weighted by Crippen LogP contribution is -1.70. The predicted molar refractivity (Wildman–Crippen MR) is 26.6 cm³/mol. The highest BCUT2D eigenvalue weighted by molar-refractivity contribution is 5.03. The van der Waals surface area contributed by atoms with Crippen LogP contribution in [-0.2, 0) is 0 Å². The summed E-state index contributed by atoms with van der Waals surface area (Å²) in [5, 5.41) is 0. The average Bonchev–Trinajstić information content (AvgIpc) is 1.69. The monoisotopic (exact) mass is 91.0 g/mol. The van der Waals surface area contributed by atoms with Gasteiger partial charge in [0.05, 0.1) is 12.4 Å². The van der Waals surface area contributed by atoms with Crippen molar-refractivity contribution in [3.63, 3.8) is 0 Å². The number of nitrogens with zero attached hydrogens (tertiary/aromatic N) is 1. The lowest BCUT2D eigenvalue weighted by atomic mass is 10.3. The second kappa shape index (κ2) is 1.73. The van der Waals surface area contributed by atoms with Crippen LogP contribution in [0, 0.1) is 19.3 Å². The summed E-state index contributed by atoms with van der Waals surface area (Å²) < 4.78 is 0. The molecule has 1 heteroatoms. The molecule has 2 radical (unpaired) electrons. The second-order valence-corrected chi connectivity index (χ2v) is 1.40. The summed E-state index contributed by atoms with van der Waals surface area (Å²) in [6, 6.07) is 3.63. The maximum atomic E-state index is 3.60. The zero-order valence-electron chi connectivity index (χ0n) is 4.10. The third-order valence-corrected chi connectivity index (χ3v) is 0.714. The van der Waals surface area contributed by atoms with Crippen LogP contribution in [0.2, 0.25) is 0 Å². The Balaban J connectivity index is 3.02. The Morgan fingerprint density at radius 2 is 2.00 bits per heavy atom. The molecule has 0 unspecified atom stereocenters. The SMILES string of the molecule is Cc1c[c]n[c]c1. The average molecular weight is 91.1 g/mol. The molecule has 0 saturated carbocycles. The highest BCUT2D eigenvalue weighted by Crippen LogP contribution is 1.87. The summed E-state index contributed by atoms with van der Waals surface area (Å²) in [5.74, 6) is 0. The van der Waals surface area contributed by atoms with Crippen LogP contribution < -0.4 is 0 Å². The first-order chi connectivity index (χ1) is 3.39. The van der Waals surface area contributed by atoms with Crippen molar-refractivity contribution in [2.45, 2.75) is 6.92 Å². The van der Waals surface area contributed by atoms with Gasteiger partial charge in [0.2, 0.25) is 0 Å². The Bertz CT molecular complexity index is 134. The normalized spacial score (nSPS) is 8.71. The van der Waals surface area contributed by atoms with Gasteiger partial charge >= 0.3 is 0 Å². The second-order valence-electron chi connectivity index (χ2n) is 1.40. The van der Waals surface area contributed by atoms with Crippen LogP contribution in [-0.4, -0.2) is 4.98 Å². The maximum absolute atomic E-state index is 3.60. The molecule has 1 heterocycles. The number of aromatic nitrogens is 1. The molecule has 1 nitrogen and oxygen atoms in total. The van der Waals surface area contributed by atoms with E-state index in [9.17, 15) is 0 Å². The van der Waals surface area contributed by atoms with Crippen molar-refractivity contribution in [1.29, 1.82) is 0 Å². The van der Waals surface area contributed by atoms with Crippen molar-refractivity contribution in [2.75, 3.05) is 0 Å². The molecule has 0 aromatic carbocycles. The summed E-state index contributed by atoms with van der Waals surface area (Å²) in [7, 11) is 0. The lowest BCUT2D eigenvalue weighted by Gasteiger charge is -1.80. The summed E-state index contributed by atoms with van der Waals surface area (Å²) >= 11 is 0. The van der Waals surface area contributed by atoms with Crippen LogP contribution in [0.4, 0.5) is 0 Å². The molecule has 34 valence electrons. The van der Waals surface area contributed by atoms with Crippen LogP contribution in [0.3, 0.4) is 0 Å². The standard InChI is InChI=1S/C6H5N/c1-6-2-4-7-5-3-6/h2-3H,1H3. The van der Waals surface area contributed by atoms with Crippen molar-refractivity contribution in [2.24, 2.45) is 0 Å². The zero-order valence-corrected chi connectivity index (χ0v) is 4.10. The fraction of sp³-hybridized carbons (Fsp3) is 0.167. The molecule has 0 N–H and O–H groups in total. The first-order valence-electron chi connectivity index (χ1n) is 2.10. The maximum Gasteiger partial charge on any atom is 0.0897 e. The topological polar surface area (TPSA) is 12.9 Å². The fourth-order valence-corrected chi connectivity index (χ4v) is 0.347. The molecule has 0 amide bonds. The van der Waals surface area contributed by atoms with Crippen LogP contribution in [0.5, 0.6) is 0 Å². The highest BCUT2D eigenvalue weighted by atomic mass is 14.6. The van der Waals surface area contributed by atoms with Gasteiger partial charge in [0.25, 0.3) is 0 Å². The van der Waals surface area contributed by atoms with Crippen molar-refractivity contribution in [3.8, 4) is 0 Å². The number of pyridine rings is 1. The van der Waals surface area contributed by atoms with Crippen LogP contribution in [0.25, 0.3) is 0 Å². The van der Waals surface area contributed by atoms with Crippen molar-refractivity contribution < 1.29 is 0 Å². The molecule has 0 saturated heterocycles. The zero-order chi connectivity index (χ0) is 5.11. The van der Waals surface area contributed by atoms with Crippen molar-refractivity contribution in [1.82, 2.24) is 4.98 Å². The minimum atomic E-state index is 1.15. The largest absolute Gasteiger partial charge is 0.244 e. The third kappa shape index (κ3) is 1.000. The predicted octanol–water partition coefficient (Wildman–Crippen LogP) is 0.990. The van der Waals surface area contributed by atoms with E-state index >= 15 is 0 Å². The molecule has 7 heavy (non-hydrogen) atoms. The van der Waals surface area contributed by atoms with Gasteiger partial charge in [-0.3, -0.25) is 0 Å². The van der Waals surface area contributed by atoms with E-state index in [1.165, 1.54) is 0 Å². The van der Waals surface area contributed by atoms with Crippen LogP contribution >= 0.6 is 0 Å². The number of hydrogen-bond acceptors (Lipinski definition) is 1. The molecule has 0 aliphatic heterocycles. The Labute approximate surface area is 43.0 Å². The molecule has 1 aromatic rings. The van der Waals surface area contributed by atoms with Crippen LogP contribution in [0.15, 0.2) is 12.1 Å². The Hall–Kier alpha value is -0.850. The quantitative estimate of drug-likeness (QED) is 0.464. The molecule has 0 atom stereocenters. The minimum absolute atomic E-state index is 1.15. The number of aryl methyl sites for hydroxylation is 1. The molecule has 0 spiro atoms. The van der Waals surface area contributed by atoms with E-state index in [1.807, 2.05) is 19.1 Å². The summed E-state index contributed by atoms with van der Waals surface area (Å²) in [6.07, 6.45) is 5.31. The van der Waals surface area contributed by atoms with E-state index in [1.54, 1.807) is 0 Å². The van der Waals surface area contributed by atoms with E-state index in [4.69, 9.17) is 0 Å². The summed E-state index contributed by atoms with van der Waals surface area (Å²) in [6.45, 7) is 1.98.